The predicted octanol–water partition coefficient (Wildman–Crippen LogP) is 1.52. The number of hydrogen-bond donors (Lipinski definition) is 0. The Morgan fingerprint density at radius 3 is 2.82 bits per heavy atom. The molecule has 2 heterocycles. The molecular formula is C13H13F2N3O3S. The highest BCUT2D eigenvalue weighted by Gasteiger charge is 2.23. The zero-order chi connectivity index (χ0) is 15.7. The number of ether oxygens (including phenoxy) is 1. The van der Waals surface area contributed by atoms with Crippen LogP contribution in [-0.4, -0.2) is 41.3 Å². The van der Waals surface area contributed by atoms with Crippen molar-refractivity contribution in [3.05, 3.63) is 30.1 Å². The maximum Gasteiger partial charge on any atom is 0.387 e. The minimum atomic E-state index is -3.09. The van der Waals surface area contributed by atoms with Crippen LogP contribution < -0.4 is 4.74 Å². The lowest BCUT2D eigenvalue weighted by molar-refractivity contribution is -0.0498. The van der Waals surface area contributed by atoms with E-state index in [1.807, 2.05) is 0 Å². The highest BCUT2D eigenvalue weighted by Crippen LogP contribution is 2.25. The molecule has 0 N–H and O–H groups in total. The molecule has 0 aliphatic carbocycles. The second-order valence-electron chi connectivity index (χ2n) is 4.90. The quantitative estimate of drug-likeness (QED) is 0.853. The zero-order valence-corrected chi connectivity index (χ0v) is 12.3. The highest BCUT2D eigenvalue weighted by molar-refractivity contribution is 7.91. The number of rotatable bonds is 3. The van der Waals surface area contributed by atoms with E-state index >= 15 is 0 Å². The van der Waals surface area contributed by atoms with Crippen molar-refractivity contribution in [2.24, 2.45) is 0 Å². The number of aromatic nitrogens is 3. The van der Waals surface area contributed by atoms with Gasteiger partial charge in [-0.2, -0.15) is 8.78 Å². The number of benzene rings is 1. The third-order valence-electron chi connectivity index (χ3n) is 3.41. The van der Waals surface area contributed by atoms with Gasteiger partial charge in [-0.15, -0.1) is 10.2 Å². The molecule has 1 aromatic carbocycles. The molecule has 1 aromatic heterocycles. The third-order valence-corrected chi connectivity index (χ3v) is 5.04. The summed E-state index contributed by atoms with van der Waals surface area (Å²) in [6.45, 7) is -2.66. The van der Waals surface area contributed by atoms with Crippen molar-refractivity contribution in [3.63, 3.8) is 0 Å². The van der Waals surface area contributed by atoms with Crippen LogP contribution in [0.3, 0.4) is 0 Å². The lowest BCUT2D eigenvalue weighted by Crippen LogP contribution is -2.12. The largest absolute Gasteiger partial charge is 0.435 e. The summed E-state index contributed by atoms with van der Waals surface area (Å²) in [4.78, 5) is 0. The van der Waals surface area contributed by atoms with E-state index in [2.05, 4.69) is 14.9 Å². The molecule has 6 nitrogen and oxygen atoms in total. The number of sulfone groups is 1. The molecule has 0 spiro atoms. The van der Waals surface area contributed by atoms with Gasteiger partial charge >= 0.3 is 6.61 Å². The minimum absolute atomic E-state index is 0.0122. The fourth-order valence-corrected chi connectivity index (χ4v) is 3.52. The van der Waals surface area contributed by atoms with Gasteiger partial charge in [0.25, 0.3) is 0 Å². The molecule has 1 aliphatic rings. The Labute approximate surface area is 125 Å². The average Bonchev–Trinajstić information content (AvgIpc) is 2.79. The molecule has 118 valence electrons. The van der Waals surface area contributed by atoms with Crippen LogP contribution >= 0.6 is 0 Å². The maximum absolute atomic E-state index is 12.3. The van der Waals surface area contributed by atoms with E-state index in [0.717, 1.165) is 0 Å². The van der Waals surface area contributed by atoms with Gasteiger partial charge in [-0.05, 0) is 12.1 Å². The number of fused-ring (bicyclic) bond motifs is 1. The summed E-state index contributed by atoms with van der Waals surface area (Å²) in [6.07, 6.45) is 0.294. The molecule has 0 amide bonds. The fourth-order valence-electron chi connectivity index (χ4n) is 2.36. The first-order valence-electron chi connectivity index (χ1n) is 6.62. The van der Waals surface area contributed by atoms with E-state index in [-0.39, 0.29) is 23.8 Å². The van der Waals surface area contributed by atoms with E-state index in [0.29, 0.717) is 23.6 Å². The first-order chi connectivity index (χ1) is 10.4. The van der Waals surface area contributed by atoms with Gasteiger partial charge in [0.05, 0.1) is 11.5 Å². The molecule has 0 radical (unpaired) electrons. The van der Waals surface area contributed by atoms with Gasteiger partial charge in [0, 0.05) is 18.5 Å². The molecule has 2 aromatic rings. The zero-order valence-electron chi connectivity index (χ0n) is 11.4. The van der Waals surface area contributed by atoms with Crippen molar-refractivity contribution in [2.45, 2.75) is 19.6 Å². The maximum atomic E-state index is 12.3. The van der Waals surface area contributed by atoms with Gasteiger partial charge in [0.15, 0.2) is 15.7 Å². The number of aryl methyl sites for hydroxylation is 1. The number of hydrogen-bond acceptors (Lipinski definition) is 5. The summed E-state index contributed by atoms with van der Waals surface area (Å²) in [5, 5.41) is 8.06. The molecule has 0 fully saturated rings. The summed E-state index contributed by atoms with van der Waals surface area (Å²) in [6, 6.07) is 6.11. The molecule has 0 saturated heterocycles. The van der Waals surface area contributed by atoms with Gasteiger partial charge < -0.3 is 9.30 Å². The van der Waals surface area contributed by atoms with Crippen LogP contribution in [0.1, 0.15) is 5.82 Å². The Morgan fingerprint density at radius 2 is 2.05 bits per heavy atom. The molecule has 9 heteroatoms. The van der Waals surface area contributed by atoms with Gasteiger partial charge in [-0.25, -0.2) is 8.42 Å². The molecule has 22 heavy (non-hydrogen) atoms. The van der Waals surface area contributed by atoms with Crippen LogP contribution in [0, 0.1) is 0 Å². The van der Waals surface area contributed by atoms with Crippen molar-refractivity contribution in [1.82, 2.24) is 14.8 Å². The van der Waals surface area contributed by atoms with Gasteiger partial charge in [0.1, 0.15) is 11.6 Å². The van der Waals surface area contributed by atoms with Gasteiger partial charge in [-0.1, -0.05) is 12.1 Å². The van der Waals surface area contributed by atoms with E-state index in [9.17, 15) is 17.2 Å². The summed E-state index contributed by atoms with van der Waals surface area (Å²) >= 11 is 0. The highest BCUT2D eigenvalue weighted by atomic mass is 32.2. The molecule has 0 saturated carbocycles. The van der Waals surface area contributed by atoms with Gasteiger partial charge in [0.2, 0.25) is 0 Å². The SMILES string of the molecule is O=S1(=O)CCc2nnc(-c3cccc(OC(F)F)c3)n2CC1. The van der Waals surface area contributed by atoms with Crippen LogP contribution in [0.5, 0.6) is 5.75 Å². The molecule has 1 aliphatic heterocycles. The molecule has 0 atom stereocenters. The summed E-state index contributed by atoms with van der Waals surface area (Å²) in [7, 11) is -3.09. The molecule has 0 bridgehead atoms. The van der Waals surface area contributed by atoms with Crippen LogP contribution in [-0.2, 0) is 22.8 Å². The van der Waals surface area contributed by atoms with Crippen LogP contribution in [0.4, 0.5) is 8.78 Å². The van der Waals surface area contributed by atoms with Crippen LogP contribution in [0.2, 0.25) is 0 Å². The monoisotopic (exact) mass is 329 g/mol. The lowest BCUT2D eigenvalue weighted by Gasteiger charge is -2.08. The molecule has 0 unspecified atom stereocenters. The second kappa shape index (κ2) is 5.64. The molecular weight excluding hydrogens is 316 g/mol. The van der Waals surface area contributed by atoms with E-state index in [4.69, 9.17) is 0 Å². The number of alkyl halides is 2. The average molecular weight is 329 g/mol. The normalized spacial score (nSPS) is 17.0. The van der Waals surface area contributed by atoms with Crippen LogP contribution in [0.25, 0.3) is 11.4 Å². The Kier molecular flexibility index (Phi) is 3.81. The van der Waals surface area contributed by atoms with Crippen molar-refractivity contribution in [3.8, 4) is 17.1 Å². The first kappa shape index (κ1) is 14.9. The predicted molar refractivity (Wildman–Crippen MR) is 74.4 cm³/mol. The van der Waals surface area contributed by atoms with Crippen molar-refractivity contribution < 1.29 is 21.9 Å². The fraction of sp³-hybridized carbons (Fsp3) is 0.385. The molecule has 3 rings (SSSR count). The van der Waals surface area contributed by atoms with E-state index in [1.54, 1.807) is 16.7 Å². The summed E-state index contributed by atoms with van der Waals surface area (Å²) in [5.41, 5.74) is 0.552. The second-order valence-corrected chi connectivity index (χ2v) is 7.20. The lowest BCUT2D eigenvalue weighted by atomic mass is 10.2. The van der Waals surface area contributed by atoms with Crippen molar-refractivity contribution in [2.75, 3.05) is 11.5 Å². The minimum Gasteiger partial charge on any atom is -0.435 e. The Hall–Kier alpha value is -2.03. The van der Waals surface area contributed by atoms with Crippen LogP contribution in [0.15, 0.2) is 24.3 Å². The standard InChI is InChI=1S/C13H13F2N3O3S/c14-13(15)21-10-3-1-2-9(8-10)12-17-16-11-4-6-22(19,20)7-5-18(11)12/h1-3,8,13H,4-7H2. The first-order valence-corrected chi connectivity index (χ1v) is 8.44. The van der Waals surface area contributed by atoms with Crippen molar-refractivity contribution >= 4 is 9.84 Å². The van der Waals surface area contributed by atoms with E-state index in [1.165, 1.54) is 12.1 Å². The summed E-state index contributed by atoms with van der Waals surface area (Å²) < 4.78 is 54.0. The number of nitrogens with zero attached hydrogens (tertiary/aromatic N) is 3. The summed E-state index contributed by atoms with van der Waals surface area (Å²) in [5.74, 6) is 1.10. The topological polar surface area (TPSA) is 74.1 Å². The number of halogens is 2. The third kappa shape index (κ3) is 3.08. The van der Waals surface area contributed by atoms with Gasteiger partial charge in [-0.3, -0.25) is 0 Å². The van der Waals surface area contributed by atoms with Crippen molar-refractivity contribution in [1.29, 1.82) is 0 Å². The Balaban J connectivity index is 1.96. The van der Waals surface area contributed by atoms with E-state index < -0.39 is 16.4 Å². The smallest absolute Gasteiger partial charge is 0.387 e. The Bertz CT molecular complexity index is 790. The Morgan fingerprint density at radius 1 is 1.23 bits per heavy atom.